The van der Waals surface area contributed by atoms with Gasteiger partial charge in [-0.2, -0.15) is 0 Å². The molecule has 1 saturated heterocycles. The van der Waals surface area contributed by atoms with Gasteiger partial charge in [0.15, 0.2) is 0 Å². The zero-order valence-electron chi connectivity index (χ0n) is 10.9. The van der Waals surface area contributed by atoms with E-state index in [-0.39, 0.29) is 36.1 Å². The molecule has 2 bridgehead atoms. The number of hydrogen-bond donors (Lipinski definition) is 0. The van der Waals surface area contributed by atoms with Gasteiger partial charge in [-0.15, -0.1) is 0 Å². The highest BCUT2D eigenvalue weighted by Crippen LogP contribution is 2.57. The van der Waals surface area contributed by atoms with Crippen LogP contribution in [-0.2, 0) is 23.8 Å². The van der Waals surface area contributed by atoms with Crippen molar-refractivity contribution in [3.8, 4) is 0 Å². The van der Waals surface area contributed by atoms with Gasteiger partial charge >= 0.3 is 5.97 Å². The molecule has 4 unspecified atom stereocenters. The fourth-order valence-corrected chi connectivity index (χ4v) is 4.56. The van der Waals surface area contributed by atoms with E-state index in [2.05, 4.69) is 15.9 Å². The summed E-state index contributed by atoms with van der Waals surface area (Å²) in [4.78, 5) is 24.3. The van der Waals surface area contributed by atoms with Gasteiger partial charge in [-0.1, -0.05) is 15.9 Å². The maximum absolute atomic E-state index is 12.7. The lowest BCUT2D eigenvalue weighted by Crippen LogP contribution is -2.65. The average molecular weight is 331 g/mol. The van der Waals surface area contributed by atoms with Crippen LogP contribution in [0.4, 0.5) is 0 Å². The van der Waals surface area contributed by atoms with E-state index in [1.54, 1.807) is 0 Å². The number of hydrogen-bond acceptors (Lipinski definition) is 5. The van der Waals surface area contributed by atoms with E-state index >= 15 is 0 Å². The molecule has 0 amide bonds. The van der Waals surface area contributed by atoms with Crippen LogP contribution in [0.25, 0.3) is 0 Å². The molecule has 0 N–H and O–H groups in total. The predicted molar refractivity (Wildman–Crippen MR) is 68.4 cm³/mol. The number of rotatable bonds is 2. The fraction of sp³-hybridized carbons (Fsp3) is 0.692. The number of ether oxygens (including phenoxy) is 3. The number of Topliss-reactive ketones (excluding diaryl/α,β-unsaturated/α-hetero) is 1. The number of carbonyl (C=O) groups is 2. The number of methoxy groups -OCH3 is 2. The lowest BCUT2D eigenvalue weighted by atomic mass is 9.60. The monoisotopic (exact) mass is 330 g/mol. The molecule has 4 rings (SSSR count). The SMILES string of the molecule is COC1(OC)C(=O)C2C(Br)=C(C)C1C1OC(=O)CC21. The minimum atomic E-state index is -1.34. The van der Waals surface area contributed by atoms with Crippen molar-refractivity contribution in [2.75, 3.05) is 14.2 Å². The third kappa shape index (κ3) is 1.42. The molecule has 4 atom stereocenters. The van der Waals surface area contributed by atoms with Crippen molar-refractivity contribution in [1.82, 2.24) is 0 Å². The van der Waals surface area contributed by atoms with Gasteiger partial charge in [0.05, 0.1) is 18.3 Å². The molecule has 104 valence electrons. The number of esters is 1. The Kier molecular flexibility index (Phi) is 2.89. The van der Waals surface area contributed by atoms with Crippen LogP contribution in [0.1, 0.15) is 13.3 Å². The van der Waals surface area contributed by atoms with E-state index in [0.29, 0.717) is 0 Å². The Labute approximate surface area is 119 Å². The smallest absolute Gasteiger partial charge is 0.306 e. The van der Waals surface area contributed by atoms with E-state index in [1.165, 1.54) is 14.2 Å². The zero-order chi connectivity index (χ0) is 13.9. The molecule has 3 aliphatic carbocycles. The molecule has 19 heavy (non-hydrogen) atoms. The summed E-state index contributed by atoms with van der Waals surface area (Å²) >= 11 is 3.50. The Morgan fingerprint density at radius 3 is 2.53 bits per heavy atom. The number of carbonyl (C=O) groups excluding carboxylic acids is 2. The van der Waals surface area contributed by atoms with E-state index in [0.717, 1.165) is 10.1 Å². The maximum atomic E-state index is 12.7. The summed E-state index contributed by atoms with van der Waals surface area (Å²) in [6.45, 7) is 1.92. The van der Waals surface area contributed by atoms with Gasteiger partial charge in [-0.25, -0.2) is 0 Å². The van der Waals surface area contributed by atoms with Crippen LogP contribution >= 0.6 is 15.9 Å². The second kappa shape index (κ2) is 4.14. The van der Waals surface area contributed by atoms with Crippen LogP contribution in [0.5, 0.6) is 0 Å². The van der Waals surface area contributed by atoms with Gasteiger partial charge in [0.25, 0.3) is 0 Å². The van der Waals surface area contributed by atoms with Crippen molar-refractivity contribution in [1.29, 1.82) is 0 Å². The number of halogens is 1. The van der Waals surface area contributed by atoms with Crippen LogP contribution in [0, 0.1) is 17.8 Å². The van der Waals surface area contributed by atoms with Crippen LogP contribution in [-0.4, -0.2) is 37.9 Å². The summed E-state index contributed by atoms with van der Waals surface area (Å²) in [5.41, 5.74) is 0.962. The van der Waals surface area contributed by atoms with Crippen LogP contribution in [0.15, 0.2) is 10.1 Å². The van der Waals surface area contributed by atoms with Crippen molar-refractivity contribution in [3.63, 3.8) is 0 Å². The molecule has 1 heterocycles. The summed E-state index contributed by atoms with van der Waals surface area (Å²) < 4.78 is 17.1. The van der Waals surface area contributed by atoms with Crippen LogP contribution in [0.2, 0.25) is 0 Å². The number of ketones is 1. The first-order chi connectivity index (χ1) is 8.97. The molecule has 1 aliphatic heterocycles. The van der Waals surface area contributed by atoms with Gasteiger partial charge in [0.1, 0.15) is 6.10 Å². The quantitative estimate of drug-likeness (QED) is 0.565. The standard InChI is InChI=1S/C13H15BrO5/c1-5-9-11-6(4-7(15)19-11)8(10(5)14)12(16)13(9,17-2)18-3/h6,8-9,11H,4H2,1-3H3. The molecule has 0 aromatic rings. The summed E-state index contributed by atoms with van der Waals surface area (Å²) in [5.74, 6) is -2.62. The van der Waals surface area contributed by atoms with Crippen molar-refractivity contribution in [2.45, 2.75) is 25.2 Å². The minimum Gasteiger partial charge on any atom is -0.461 e. The van der Waals surface area contributed by atoms with Gasteiger partial charge in [-0.3, -0.25) is 9.59 Å². The lowest BCUT2D eigenvalue weighted by molar-refractivity contribution is -0.256. The second-order valence-corrected chi connectivity index (χ2v) is 6.10. The predicted octanol–water partition coefficient (Wildman–Crippen LogP) is 1.40. The highest BCUT2D eigenvalue weighted by molar-refractivity contribution is 9.11. The van der Waals surface area contributed by atoms with E-state index in [9.17, 15) is 9.59 Å². The van der Waals surface area contributed by atoms with Crippen LogP contribution in [0.3, 0.4) is 0 Å². The summed E-state index contributed by atoms with van der Waals surface area (Å²) in [5, 5.41) is 0. The van der Waals surface area contributed by atoms with Crippen molar-refractivity contribution in [3.05, 3.63) is 10.1 Å². The molecule has 6 heteroatoms. The molecule has 5 nitrogen and oxygen atoms in total. The first kappa shape index (κ1) is 13.3. The Morgan fingerprint density at radius 1 is 1.32 bits per heavy atom. The highest BCUT2D eigenvalue weighted by Gasteiger charge is 2.68. The lowest BCUT2D eigenvalue weighted by Gasteiger charge is -2.52. The number of fused-ring (bicyclic) bond motifs is 1. The summed E-state index contributed by atoms with van der Waals surface area (Å²) in [6.07, 6.45) is -0.0555. The Hall–Kier alpha value is -0.720. The second-order valence-electron chi connectivity index (χ2n) is 5.25. The Balaban J connectivity index is 2.18. The normalized spacial score (nSPS) is 39.6. The van der Waals surface area contributed by atoms with Crippen molar-refractivity contribution in [2.24, 2.45) is 17.8 Å². The number of allylic oxidation sites excluding steroid dienone is 1. The van der Waals surface area contributed by atoms with Gasteiger partial charge in [0.2, 0.25) is 11.6 Å². The zero-order valence-corrected chi connectivity index (χ0v) is 12.5. The molecule has 0 aromatic carbocycles. The molecule has 1 saturated carbocycles. The van der Waals surface area contributed by atoms with Gasteiger partial charge in [-0.05, 0) is 12.5 Å². The Bertz CT molecular complexity index is 493. The minimum absolute atomic E-state index is 0.110. The molecule has 4 aliphatic rings. The van der Waals surface area contributed by atoms with Crippen molar-refractivity contribution < 1.29 is 23.8 Å². The molecule has 0 radical (unpaired) electrons. The largest absolute Gasteiger partial charge is 0.461 e. The van der Waals surface area contributed by atoms with E-state index < -0.39 is 11.7 Å². The first-order valence-corrected chi connectivity index (χ1v) is 6.97. The fourth-order valence-electron chi connectivity index (χ4n) is 3.77. The molecule has 2 fully saturated rings. The molecular formula is C13H15BrO5. The summed E-state index contributed by atoms with van der Waals surface area (Å²) in [7, 11) is 2.91. The molecule has 0 spiro atoms. The topological polar surface area (TPSA) is 61.8 Å². The molecule has 0 aromatic heterocycles. The Morgan fingerprint density at radius 2 is 1.95 bits per heavy atom. The van der Waals surface area contributed by atoms with Crippen LogP contribution < -0.4 is 0 Å². The van der Waals surface area contributed by atoms with E-state index in [4.69, 9.17) is 14.2 Å². The average Bonchev–Trinajstić information content (AvgIpc) is 2.76. The molecular weight excluding hydrogens is 316 g/mol. The summed E-state index contributed by atoms with van der Waals surface area (Å²) in [6, 6.07) is 0. The van der Waals surface area contributed by atoms with E-state index in [1.807, 2.05) is 6.92 Å². The maximum Gasteiger partial charge on any atom is 0.306 e. The highest BCUT2D eigenvalue weighted by atomic mass is 79.9. The third-order valence-corrected chi connectivity index (χ3v) is 5.73. The third-order valence-electron chi connectivity index (χ3n) is 4.61. The van der Waals surface area contributed by atoms with Gasteiger partial charge < -0.3 is 14.2 Å². The first-order valence-electron chi connectivity index (χ1n) is 6.18. The van der Waals surface area contributed by atoms with Gasteiger partial charge in [0, 0.05) is 24.6 Å². The van der Waals surface area contributed by atoms with Crippen molar-refractivity contribution >= 4 is 27.7 Å².